The van der Waals surface area contributed by atoms with Gasteiger partial charge in [0.25, 0.3) is 0 Å². The second-order valence-corrected chi connectivity index (χ2v) is 17.4. The molecule has 0 aliphatic heterocycles. The van der Waals surface area contributed by atoms with Crippen molar-refractivity contribution in [3.8, 4) is 0 Å². The maximum absolute atomic E-state index is 3.87. The van der Waals surface area contributed by atoms with E-state index >= 15 is 0 Å². The van der Waals surface area contributed by atoms with Crippen LogP contribution in [0.3, 0.4) is 0 Å². The van der Waals surface area contributed by atoms with E-state index in [2.05, 4.69) is 24.2 Å². The van der Waals surface area contributed by atoms with Crippen LogP contribution >= 0.6 is 0 Å². The van der Waals surface area contributed by atoms with E-state index in [1.165, 1.54) is 44.9 Å². The van der Waals surface area contributed by atoms with E-state index in [1.807, 2.05) is 0 Å². The Hall–Kier alpha value is 0.543. The Kier molecular flexibility index (Phi) is 9.16. The van der Waals surface area contributed by atoms with Gasteiger partial charge in [-0.3, -0.25) is 0 Å². The molecule has 0 unspecified atom stereocenters. The van der Waals surface area contributed by atoms with Crippen molar-refractivity contribution in [2.45, 2.75) is 73.9 Å². The Balaban J connectivity index is 2.99. The van der Waals surface area contributed by atoms with E-state index < -0.39 is 13.3 Å². The summed E-state index contributed by atoms with van der Waals surface area (Å²) in [7, 11) is 0. The third kappa shape index (κ3) is 12.5. The Bertz CT molecular complexity index is 113. The van der Waals surface area contributed by atoms with Gasteiger partial charge in [-0.2, -0.15) is 0 Å². The molecule has 0 amide bonds. The van der Waals surface area contributed by atoms with Gasteiger partial charge in [-0.05, 0) is 0 Å². The van der Waals surface area contributed by atoms with Crippen molar-refractivity contribution < 1.29 is 0 Å². The van der Waals surface area contributed by atoms with Crippen molar-refractivity contribution in [2.24, 2.45) is 0 Å². The molecule has 0 fully saturated rings. The first-order valence-corrected chi connectivity index (χ1v) is 14.1. The van der Waals surface area contributed by atoms with Crippen LogP contribution in [0.25, 0.3) is 0 Å². The van der Waals surface area contributed by atoms with Gasteiger partial charge in [-0.25, -0.2) is 0 Å². The minimum atomic E-state index is -1.20. The van der Waals surface area contributed by atoms with E-state index in [0.29, 0.717) is 0 Å². The Morgan fingerprint density at radius 2 is 1.14 bits per heavy atom. The molecule has 0 aliphatic carbocycles. The molecule has 1 radical (unpaired) electrons. The first kappa shape index (κ1) is 14.5. The SMILES string of the molecule is [CH2]CCCCCCCC[CH2][Ge]([CH3])([CH3])[CH3]. The molecule has 0 nitrogen and oxygen atoms in total. The van der Waals surface area contributed by atoms with E-state index in [-0.39, 0.29) is 0 Å². The molecule has 0 aliphatic rings. The van der Waals surface area contributed by atoms with Crippen LogP contribution in [0.5, 0.6) is 0 Å². The van der Waals surface area contributed by atoms with Gasteiger partial charge in [0.2, 0.25) is 0 Å². The predicted octanol–water partition coefficient (Wildman–Crippen LogP) is 5.28. The summed E-state index contributed by atoms with van der Waals surface area (Å²) in [6.07, 6.45) is 11.2. The van der Waals surface area contributed by atoms with Crippen LogP contribution in [0, 0.1) is 6.92 Å². The fraction of sp³-hybridized carbons (Fsp3) is 0.923. The molecule has 85 valence electrons. The van der Waals surface area contributed by atoms with Crippen LogP contribution in [0.1, 0.15) is 51.4 Å². The summed E-state index contributed by atoms with van der Waals surface area (Å²) in [5, 5.41) is 1.57. The summed E-state index contributed by atoms with van der Waals surface area (Å²) >= 11 is -1.20. The summed E-state index contributed by atoms with van der Waals surface area (Å²) in [6.45, 7) is 3.87. The molecule has 0 heterocycles. The van der Waals surface area contributed by atoms with Crippen molar-refractivity contribution >= 4 is 13.3 Å². The van der Waals surface area contributed by atoms with Gasteiger partial charge in [0.1, 0.15) is 0 Å². The third-order valence-electron chi connectivity index (χ3n) is 2.68. The maximum atomic E-state index is 3.87. The number of hydrogen-bond acceptors (Lipinski definition) is 0. The average Bonchev–Trinajstić information content (AvgIpc) is 2.08. The van der Waals surface area contributed by atoms with Crippen LogP contribution in [0.2, 0.25) is 22.5 Å². The first-order valence-electron chi connectivity index (χ1n) is 6.35. The Labute approximate surface area is 94.2 Å². The molecule has 0 N–H and O–H groups in total. The number of rotatable bonds is 9. The van der Waals surface area contributed by atoms with Gasteiger partial charge in [0, 0.05) is 0 Å². The zero-order chi connectivity index (χ0) is 10.9. The molecule has 14 heavy (non-hydrogen) atoms. The van der Waals surface area contributed by atoms with Gasteiger partial charge < -0.3 is 0 Å². The number of unbranched alkanes of at least 4 members (excludes halogenated alkanes) is 7. The van der Waals surface area contributed by atoms with Crippen LogP contribution < -0.4 is 0 Å². The van der Waals surface area contributed by atoms with Crippen molar-refractivity contribution in [1.29, 1.82) is 0 Å². The van der Waals surface area contributed by atoms with Crippen LogP contribution in [-0.4, -0.2) is 13.3 Å². The molecule has 0 saturated heterocycles. The molecule has 0 spiro atoms. The molecule has 1 heteroatoms. The molecule has 0 bridgehead atoms. The summed E-state index contributed by atoms with van der Waals surface area (Å²) in [4.78, 5) is 0. The average molecular weight is 258 g/mol. The molecular formula is C13H29Ge. The quantitative estimate of drug-likeness (QED) is 0.390. The summed E-state index contributed by atoms with van der Waals surface area (Å²) < 4.78 is 0. The zero-order valence-corrected chi connectivity index (χ0v) is 12.7. The normalized spacial score (nSPS) is 12.0. The van der Waals surface area contributed by atoms with Gasteiger partial charge in [0.05, 0.1) is 0 Å². The van der Waals surface area contributed by atoms with Gasteiger partial charge in [-0.15, -0.1) is 0 Å². The third-order valence-corrected chi connectivity index (χ3v) is 6.57. The molecule has 0 aromatic heterocycles. The van der Waals surface area contributed by atoms with Crippen molar-refractivity contribution in [3.05, 3.63) is 6.92 Å². The molecule has 0 rings (SSSR count). The summed E-state index contributed by atoms with van der Waals surface area (Å²) in [5.74, 6) is 7.57. The monoisotopic (exact) mass is 259 g/mol. The Morgan fingerprint density at radius 3 is 1.57 bits per heavy atom. The van der Waals surface area contributed by atoms with Gasteiger partial charge in [-0.1, -0.05) is 0 Å². The molecule has 0 atom stereocenters. The molecular weight excluding hydrogens is 229 g/mol. The van der Waals surface area contributed by atoms with Crippen molar-refractivity contribution in [2.75, 3.05) is 0 Å². The molecule has 0 saturated carbocycles. The van der Waals surface area contributed by atoms with Crippen LogP contribution in [-0.2, 0) is 0 Å². The van der Waals surface area contributed by atoms with E-state index in [0.717, 1.165) is 6.42 Å². The standard InChI is InChI=1S/C13H29Ge/c1-5-6-7-8-9-10-11-12-13-14(2,3)4/h1,5-13H2,2-4H3. The fourth-order valence-corrected chi connectivity index (χ4v) is 4.47. The summed E-state index contributed by atoms with van der Waals surface area (Å²) in [6, 6.07) is 0. The molecule has 0 aromatic carbocycles. The first-order chi connectivity index (χ1) is 6.56. The van der Waals surface area contributed by atoms with Gasteiger partial charge >= 0.3 is 94.1 Å². The molecule has 0 aromatic rings. The predicted molar refractivity (Wildman–Crippen MR) is 70.4 cm³/mol. The van der Waals surface area contributed by atoms with Crippen molar-refractivity contribution in [3.63, 3.8) is 0 Å². The summed E-state index contributed by atoms with van der Waals surface area (Å²) in [5.41, 5.74) is 0. The second kappa shape index (κ2) is 8.82. The zero-order valence-electron chi connectivity index (χ0n) is 10.6. The van der Waals surface area contributed by atoms with E-state index in [4.69, 9.17) is 0 Å². The van der Waals surface area contributed by atoms with Gasteiger partial charge in [0.15, 0.2) is 0 Å². The van der Waals surface area contributed by atoms with Crippen LogP contribution in [0.4, 0.5) is 0 Å². The van der Waals surface area contributed by atoms with E-state index in [9.17, 15) is 0 Å². The topological polar surface area (TPSA) is 0 Å². The van der Waals surface area contributed by atoms with Crippen LogP contribution in [0.15, 0.2) is 0 Å². The minimum absolute atomic E-state index is 1.12. The Morgan fingerprint density at radius 1 is 0.714 bits per heavy atom. The fourth-order valence-electron chi connectivity index (χ4n) is 1.72. The second-order valence-electron chi connectivity index (χ2n) is 5.64. The number of hydrogen-bond donors (Lipinski definition) is 0. The van der Waals surface area contributed by atoms with E-state index in [1.54, 1.807) is 5.25 Å². The van der Waals surface area contributed by atoms with Crippen molar-refractivity contribution in [1.82, 2.24) is 0 Å².